The molecule has 0 aliphatic rings. The van der Waals surface area contributed by atoms with Crippen LogP contribution in [0.2, 0.25) is 0 Å². The summed E-state index contributed by atoms with van der Waals surface area (Å²) in [5.41, 5.74) is 0. The molecule has 1 atom stereocenters. The Morgan fingerprint density at radius 1 is 1.06 bits per heavy atom. The second-order valence-corrected chi connectivity index (χ2v) is 5.74. The molecule has 5 nitrogen and oxygen atoms in total. The van der Waals surface area contributed by atoms with Gasteiger partial charge in [0.15, 0.2) is 0 Å². The normalized spacial score (nSPS) is 14.2. The van der Waals surface area contributed by atoms with E-state index in [-0.39, 0.29) is 6.61 Å². The van der Waals surface area contributed by atoms with Crippen molar-refractivity contribution in [2.75, 3.05) is 6.61 Å². The van der Waals surface area contributed by atoms with Gasteiger partial charge in [-0.15, -0.1) is 0 Å². The number of unbranched alkanes of at least 4 members (excludes halogenated alkanes) is 7. The predicted molar refractivity (Wildman–Crippen MR) is 70.2 cm³/mol. The van der Waals surface area contributed by atoms with Crippen LogP contribution in [0, 0.1) is 0 Å². The first-order chi connectivity index (χ1) is 8.48. The standard InChI is InChI=1S/C12H25O5P/c1-3-4-5-6-7-8-9-10-11-16-18(14,15)17-12(2)13/h3-11H2,1-2H3,(H,14,15). The van der Waals surface area contributed by atoms with E-state index in [1.165, 1.54) is 32.1 Å². The summed E-state index contributed by atoms with van der Waals surface area (Å²) in [5, 5.41) is 0. The molecule has 0 rings (SSSR count). The van der Waals surface area contributed by atoms with E-state index in [1.807, 2.05) is 0 Å². The Kier molecular flexibility index (Phi) is 10.3. The minimum Gasteiger partial charge on any atom is -0.371 e. The summed E-state index contributed by atoms with van der Waals surface area (Å²) >= 11 is 0. The van der Waals surface area contributed by atoms with E-state index in [0.717, 1.165) is 19.8 Å². The molecular formula is C12H25O5P. The van der Waals surface area contributed by atoms with Gasteiger partial charge in [0.05, 0.1) is 6.61 Å². The lowest BCUT2D eigenvalue weighted by atomic mass is 10.1. The molecule has 0 aromatic carbocycles. The topological polar surface area (TPSA) is 72.8 Å². The molecule has 18 heavy (non-hydrogen) atoms. The summed E-state index contributed by atoms with van der Waals surface area (Å²) in [5.74, 6) is -0.809. The Labute approximate surface area is 109 Å². The van der Waals surface area contributed by atoms with Gasteiger partial charge in [-0.2, -0.15) is 0 Å². The minimum absolute atomic E-state index is 0.149. The fourth-order valence-electron chi connectivity index (χ4n) is 1.60. The van der Waals surface area contributed by atoms with Crippen molar-refractivity contribution in [3.05, 3.63) is 0 Å². The van der Waals surface area contributed by atoms with E-state index in [0.29, 0.717) is 6.42 Å². The molecule has 0 aliphatic heterocycles. The Balaban J connectivity index is 3.34. The van der Waals surface area contributed by atoms with Gasteiger partial charge in [0, 0.05) is 6.92 Å². The maximum absolute atomic E-state index is 11.1. The molecular weight excluding hydrogens is 255 g/mol. The van der Waals surface area contributed by atoms with E-state index >= 15 is 0 Å². The number of rotatable bonds is 11. The van der Waals surface area contributed by atoms with Gasteiger partial charge in [0.1, 0.15) is 0 Å². The van der Waals surface area contributed by atoms with Crippen LogP contribution in [0.1, 0.15) is 65.2 Å². The van der Waals surface area contributed by atoms with Crippen LogP contribution >= 0.6 is 7.82 Å². The molecule has 1 N–H and O–H groups in total. The first-order valence-electron chi connectivity index (χ1n) is 6.65. The highest BCUT2D eigenvalue weighted by Crippen LogP contribution is 2.43. The number of phosphoric acid groups is 1. The quantitative estimate of drug-likeness (QED) is 0.460. The first kappa shape index (κ1) is 17.6. The molecule has 0 aromatic heterocycles. The number of carbonyl (C=O) groups excluding carboxylic acids is 1. The van der Waals surface area contributed by atoms with Crippen LogP contribution in [0.3, 0.4) is 0 Å². The van der Waals surface area contributed by atoms with Gasteiger partial charge in [0.25, 0.3) is 0 Å². The van der Waals surface area contributed by atoms with Gasteiger partial charge in [-0.25, -0.2) is 4.57 Å². The molecule has 0 spiro atoms. The second kappa shape index (κ2) is 10.5. The van der Waals surface area contributed by atoms with Gasteiger partial charge in [-0.3, -0.25) is 14.2 Å². The largest absolute Gasteiger partial charge is 0.529 e. The summed E-state index contributed by atoms with van der Waals surface area (Å²) < 4.78 is 19.9. The molecule has 0 aliphatic carbocycles. The fraction of sp³-hybridized carbons (Fsp3) is 0.917. The number of hydrogen-bond donors (Lipinski definition) is 1. The van der Waals surface area contributed by atoms with E-state index in [2.05, 4.69) is 16.0 Å². The summed E-state index contributed by atoms with van der Waals surface area (Å²) in [6, 6.07) is 0. The van der Waals surface area contributed by atoms with Crippen LogP contribution in [0.5, 0.6) is 0 Å². The molecule has 0 aromatic rings. The third kappa shape index (κ3) is 12.1. The van der Waals surface area contributed by atoms with Crippen molar-refractivity contribution in [2.24, 2.45) is 0 Å². The van der Waals surface area contributed by atoms with Crippen molar-refractivity contribution in [2.45, 2.75) is 65.2 Å². The van der Waals surface area contributed by atoms with E-state index in [1.54, 1.807) is 0 Å². The second-order valence-electron chi connectivity index (χ2n) is 4.36. The zero-order chi connectivity index (χ0) is 13.9. The van der Waals surface area contributed by atoms with Gasteiger partial charge < -0.3 is 4.52 Å². The lowest BCUT2D eigenvalue weighted by molar-refractivity contribution is -0.133. The first-order valence-corrected chi connectivity index (χ1v) is 8.15. The van der Waals surface area contributed by atoms with Crippen LogP contribution in [-0.2, 0) is 18.4 Å². The van der Waals surface area contributed by atoms with Gasteiger partial charge >= 0.3 is 13.8 Å². The van der Waals surface area contributed by atoms with Crippen molar-refractivity contribution in [3.63, 3.8) is 0 Å². The van der Waals surface area contributed by atoms with E-state index in [4.69, 9.17) is 4.89 Å². The molecule has 6 heteroatoms. The van der Waals surface area contributed by atoms with Crippen molar-refractivity contribution >= 4 is 13.8 Å². The van der Waals surface area contributed by atoms with Gasteiger partial charge in [-0.05, 0) is 6.42 Å². The van der Waals surface area contributed by atoms with E-state index in [9.17, 15) is 9.36 Å². The maximum Gasteiger partial charge on any atom is 0.529 e. The van der Waals surface area contributed by atoms with Crippen LogP contribution in [0.4, 0.5) is 0 Å². The Morgan fingerprint density at radius 3 is 2.06 bits per heavy atom. The highest BCUT2D eigenvalue weighted by atomic mass is 31.2. The number of hydrogen-bond acceptors (Lipinski definition) is 4. The van der Waals surface area contributed by atoms with Crippen molar-refractivity contribution in [1.29, 1.82) is 0 Å². The molecule has 0 radical (unpaired) electrons. The van der Waals surface area contributed by atoms with Gasteiger partial charge in [-0.1, -0.05) is 51.9 Å². The zero-order valence-corrected chi connectivity index (χ0v) is 12.3. The smallest absolute Gasteiger partial charge is 0.371 e. The molecule has 0 bridgehead atoms. The SMILES string of the molecule is CCCCCCCCCCOP(=O)(O)OC(C)=O. The molecule has 0 fully saturated rings. The average Bonchev–Trinajstić information content (AvgIpc) is 2.25. The molecule has 0 saturated carbocycles. The molecule has 108 valence electrons. The molecule has 0 saturated heterocycles. The number of carbonyl (C=O) groups is 1. The van der Waals surface area contributed by atoms with Crippen molar-refractivity contribution < 1.29 is 23.3 Å². The average molecular weight is 280 g/mol. The summed E-state index contributed by atoms with van der Waals surface area (Å²) in [7, 11) is -4.17. The zero-order valence-electron chi connectivity index (χ0n) is 11.4. The van der Waals surface area contributed by atoms with Crippen molar-refractivity contribution in [3.8, 4) is 0 Å². The molecule has 1 unspecified atom stereocenters. The molecule has 0 amide bonds. The fourth-order valence-corrected chi connectivity index (χ4v) is 2.34. The lowest BCUT2D eigenvalue weighted by Crippen LogP contribution is -2.01. The summed E-state index contributed by atoms with van der Waals surface area (Å²) in [6.45, 7) is 3.41. The Morgan fingerprint density at radius 2 is 1.56 bits per heavy atom. The predicted octanol–water partition coefficient (Wildman–Crippen LogP) is 3.81. The lowest BCUT2D eigenvalue weighted by Gasteiger charge is -2.10. The molecule has 0 heterocycles. The summed E-state index contributed by atoms with van der Waals surface area (Å²) in [6.07, 6.45) is 9.05. The van der Waals surface area contributed by atoms with Crippen LogP contribution in [0.25, 0.3) is 0 Å². The monoisotopic (exact) mass is 280 g/mol. The maximum atomic E-state index is 11.1. The Bertz CT molecular complexity index is 267. The highest BCUT2D eigenvalue weighted by Gasteiger charge is 2.23. The third-order valence-electron chi connectivity index (χ3n) is 2.50. The summed E-state index contributed by atoms with van der Waals surface area (Å²) in [4.78, 5) is 19.6. The number of phosphoric ester groups is 1. The van der Waals surface area contributed by atoms with E-state index < -0.39 is 13.8 Å². The van der Waals surface area contributed by atoms with Gasteiger partial charge in [0.2, 0.25) is 0 Å². The van der Waals surface area contributed by atoms with Crippen LogP contribution in [-0.4, -0.2) is 17.5 Å². The minimum atomic E-state index is -4.17. The third-order valence-corrected chi connectivity index (χ3v) is 3.49. The van der Waals surface area contributed by atoms with Crippen molar-refractivity contribution in [1.82, 2.24) is 0 Å². The Hall–Kier alpha value is -0.380. The highest BCUT2D eigenvalue weighted by molar-refractivity contribution is 7.48. The van der Waals surface area contributed by atoms with Crippen LogP contribution in [0.15, 0.2) is 0 Å². The van der Waals surface area contributed by atoms with Crippen LogP contribution < -0.4 is 0 Å².